The number of hydrogen-bond donors (Lipinski definition) is 4. The van der Waals surface area contributed by atoms with Gasteiger partial charge in [0.1, 0.15) is 6.61 Å². The number of aliphatic hydroxyl groups is 1. The lowest BCUT2D eigenvalue weighted by atomic mass is 10.2. The summed E-state index contributed by atoms with van der Waals surface area (Å²) in [6.07, 6.45) is 1.59. The number of nitrogens with one attached hydrogen (secondary N) is 3. The molecule has 0 spiro atoms. The predicted octanol–water partition coefficient (Wildman–Crippen LogP) is 2.73. The zero-order valence-corrected chi connectivity index (χ0v) is 20.0. The molecule has 11 heteroatoms. The molecule has 0 radical (unpaired) electrons. The number of carbonyl (C=O) groups is 1. The zero-order chi connectivity index (χ0) is 24.6. The van der Waals surface area contributed by atoms with Gasteiger partial charge in [0.15, 0.2) is 22.5 Å². The summed E-state index contributed by atoms with van der Waals surface area (Å²) in [7, 11) is 1.54. The van der Waals surface area contributed by atoms with E-state index in [1.54, 1.807) is 18.2 Å². The van der Waals surface area contributed by atoms with Gasteiger partial charge in [-0.1, -0.05) is 0 Å². The highest BCUT2D eigenvalue weighted by atomic mass is 32.1. The van der Waals surface area contributed by atoms with Gasteiger partial charge < -0.3 is 35.4 Å². The van der Waals surface area contributed by atoms with Gasteiger partial charge in [0, 0.05) is 35.7 Å². The predicted molar refractivity (Wildman–Crippen MR) is 139 cm³/mol. The second-order valence-corrected chi connectivity index (χ2v) is 7.97. The molecular weight excluding hydrogens is 468 g/mol. The molecule has 1 amide bonds. The molecule has 3 aromatic rings. The highest BCUT2D eigenvalue weighted by Crippen LogP contribution is 2.25. The Morgan fingerprint density at radius 2 is 1.83 bits per heavy atom. The first-order chi connectivity index (χ1) is 17.1. The normalized spacial score (nSPS) is 13.3. The van der Waals surface area contributed by atoms with Crippen molar-refractivity contribution in [2.75, 3.05) is 60.9 Å². The Hall–Kier alpha value is -3.80. The fourth-order valence-corrected chi connectivity index (χ4v) is 3.71. The number of nitrogens with zero attached hydrogens (tertiary/aromatic N) is 3. The summed E-state index contributed by atoms with van der Waals surface area (Å²) in [5.41, 5.74) is 3.25. The summed E-state index contributed by atoms with van der Waals surface area (Å²) in [5, 5.41) is 18.8. The SMILES string of the molecule is COc1cnc(-c2ccc(NC(=S)Nc3ccc(N4CCOCC4=O)cc3)cc2)nc1NCCO. The number of rotatable bonds is 8. The molecule has 35 heavy (non-hydrogen) atoms. The average molecular weight is 495 g/mol. The maximum atomic E-state index is 12.0. The van der Waals surface area contributed by atoms with Crippen LogP contribution in [0.15, 0.2) is 54.7 Å². The van der Waals surface area contributed by atoms with Crippen molar-refractivity contribution in [2.24, 2.45) is 0 Å². The number of aromatic nitrogens is 2. The molecule has 182 valence electrons. The lowest BCUT2D eigenvalue weighted by molar-refractivity contribution is -0.125. The largest absolute Gasteiger partial charge is 0.491 e. The summed E-state index contributed by atoms with van der Waals surface area (Å²) >= 11 is 5.44. The van der Waals surface area contributed by atoms with Crippen molar-refractivity contribution >= 4 is 46.1 Å². The molecule has 1 fully saturated rings. The van der Waals surface area contributed by atoms with Gasteiger partial charge in [0.2, 0.25) is 0 Å². The molecule has 0 saturated carbocycles. The Bertz CT molecular complexity index is 1170. The zero-order valence-electron chi connectivity index (χ0n) is 19.2. The van der Waals surface area contributed by atoms with Gasteiger partial charge in [-0.25, -0.2) is 9.97 Å². The first-order valence-corrected chi connectivity index (χ1v) is 11.4. The van der Waals surface area contributed by atoms with Gasteiger partial charge in [0.05, 0.1) is 26.5 Å². The fraction of sp³-hybridized carbons (Fsp3) is 0.250. The Morgan fingerprint density at radius 3 is 2.46 bits per heavy atom. The maximum Gasteiger partial charge on any atom is 0.253 e. The molecule has 1 aliphatic rings. The minimum absolute atomic E-state index is 0.0194. The van der Waals surface area contributed by atoms with Gasteiger partial charge in [-0.05, 0) is 60.7 Å². The summed E-state index contributed by atoms with van der Waals surface area (Å²) in [6.45, 7) is 1.52. The van der Waals surface area contributed by atoms with Crippen molar-refractivity contribution in [1.29, 1.82) is 0 Å². The van der Waals surface area contributed by atoms with E-state index in [1.165, 1.54) is 0 Å². The van der Waals surface area contributed by atoms with Crippen LogP contribution in [0, 0.1) is 0 Å². The molecule has 4 rings (SSSR count). The molecule has 4 N–H and O–H groups in total. The molecule has 0 bridgehead atoms. The third kappa shape index (κ3) is 6.21. The molecular formula is C24H26N6O4S. The van der Waals surface area contributed by atoms with Crippen molar-refractivity contribution in [3.63, 3.8) is 0 Å². The Kier molecular flexibility index (Phi) is 8.03. The molecule has 2 aromatic carbocycles. The van der Waals surface area contributed by atoms with Gasteiger partial charge in [-0.2, -0.15) is 0 Å². The van der Waals surface area contributed by atoms with Crippen LogP contribution in [-0.4, -0.2) is 66.1 Å². The van der Waals surface area contributed by atoms with Crippen LogP contribution in [0.3, 0.4) is 0 Å². The van der Waals surface area contributed by atoms with Gasteiger partial charge in [-0.15, -0.1) is 0 Å². The molecule has 0 unspecified atom stereocenters. The summed E-state index contributed by atoms with van der Waals surface area (Å²) in [5.74, 6) is 1.50. The number of methoxy groups -OCH3 is 1. The van der Waals surface area contributed by atoms with Crippen LogP contribution in [0.1, 0.15) is 0 Å². The van der Waals surface area contributed by atoms with E-state index in [4.69, 9.17) is 26.8 Å². The minimum Gasteiger partial charge on any atom is -0.491 e. The molecule has 1 aromatic heterocycles. The van der Waals surface area contributed by atoms with Crippen LogP contribution in [0.2, 0.25) is 0 Å². The number of morpholine rings is 1. The first-order valence-electron chi connectivity index (χ1n) is 11.0. The molecule has 10 nitrogen and oxygen atoms in total. The van der Waals surface area contributed by atoms with E-state index in [-0.39, 0.29) is 19.1 Å². The summed E-state index contributed by atoms with van der Waals surface area (Å²) < 4.78 is 10.4. The van der Waals surface area contributed by atoms with Crippen LogP contribution in [0.4, 0.5) is 22.9 Å². The number of carbonyl (C=O) groups excluding carboxylic acids is 1. The number of amides is 1. The van der Waals surface area contributed by atoms with Crippen molar-refractivity contribution in [3.8, 4) is 17.1 Å². The van der Waals surface area contributed by atoms with Gasteiger partial charge in [-0.3, -0.25) is 4.79 Å². The Balaban J connectivity index is 1.36. The van der Waals surface area contributed by atoms with E-state index in [2.05, 4.69) is 25.9 Å². The number of benzene rings is 2. The third-order valence-corrected chi connectivity index (χ3v) is 5.41. The molecule has 1 saturated heterocycles. The fourth-order valence-electron chi connectivity index (χ4n) is 3.47. The van der Waals surface area contributed by atoms with Crippen LogP contribution < -0.4 is 25.6 Å². The monoisotopic (exact) mass is 494 g/mol. The lowest BCUT2D eigenvalue weighted by Gasteiger charge is -2.27. The minimum atomic E-state index is -0.0460. The van der Waals surface area contributed by atoms with E-state index in [1.807, 2.05) is 48.5 Å². The number of ether oxygens (including phenoxy) is 2. The van der Waals surface area contributed by atoms with Crippen molar-refractivity contribution < 1.29 is 19.4 Å². The Morgan fingerprint density at radius 1 is 1.14 bits per heavy atom. The van der Waals surface area contributed by atoms with E-state index in [0.717, 1.165) is 22.6 Å². The van der Waals surface area contributed by atoms with E-state index in [0.29, 0.717) is 42.2 Å². The maximum absolute atomic E-state index is 12.0. The molecule has 0 atom stereocenters. The summed E-state index contributed by atoms with van der Waals surface area (Å²) in [6, 6.07) is 15.0. The lowest BCUT2D eigenvalue weighted by Crippen LogP contribution is -2.41. The van der Waals surface area contributed by atoms with Crippen LogP contribution in [0.25, 0.3) is 11.4 Å². The topological polar surface area (TPSA) is 121 Å². The van der Waals surface area contributed by atoms with Gasteiger partial charge >= 0.3 is 0 Å². The first kappa shape index (κ1) is 24.3. The van der Waals surface area contributed by atoms with E-state index >= 15 is 0 Å². The highest BCUT2D eigenvalue weighted by Gasteiger charge is 2.19. The molecule has 0 aliphatic carbocycles. The summed E-state index contributed by atoms with van der Waals surface area (Å²) in [4.78, 5) is 22.5. The van der Waals surface area contributed by atoms with Crippen LogP contribution in [-0.2, 0) is 9.53 Å². The smallest absolute Gasteiger partial charge is 0.253 e. The number of aliphatic hydroxyl groups excluding tert-OH is 1. The molecule has 1 aliphatic heterocycles. The standard InChI is InChI=1S/C24H26N6O4S/c1-33-20-14-26-22(29-23(20)25-10-12-31)16-2-4-17(5-3-16)27-24(35)28-18-6-8-19(9-7-18)30-11-13-34-15-21(30)32/h2-9,14,31H,10-13,15H2,1H3,(H,25,26,29)(H2,27,28,35). The third-order valence-electron chi connectivity index (χ3n) is 5.20. The number of thiocarbonyl (C=S) groups is 1. The Labute approximate surface area is 208 Å². The quantitative estimate of drug-likeness (QED) is 0.348. The van der Waals surface area contributed by atoms with Crippen LogP contribution >= 0.6 is 12.2 Å². The van der Waals surface area contributed by atoms with Crippen molar-refractivity contribution in [1.82, 2.24) is 9.97 Å². The highest BCUT2D eigenvalue weighted by molar-refractivity contribution is 7.80. The average Bonchev–Trinajstić information content (AvgIpc) is 2.88. The number of hydrogen-bond acceptors (Lipinski definition) is 8. The van der Waals surface area contributed by atoms with Crippen molar-refractivity contribution in [3.05, 3.63) is 54.7 Å². The van der Waals surface area contributed by atoms with Gasteiger partial charge in [0.25, 0.3) is 5.91 Å². The molecule has 2 heterocycles. The second-order valence-electron chi connectivity index (χ2n) is 7.56. The second kappa shape index (κ2) is 11.6. The van der Waals surface area contributed by atoms with Crippen molar-refractivity contribution in [2.45, 2.75) is 0 Å². The number of anilines is 4. The van der Waals surface area contributed by atoms with E-state index in [9.17, 15) is 4.79 Å². The van der Waals surface area contributed by atoms with E-state index < -0.39 is 0 Å². The van der Waals surface area contributed by atoms with Crippen LogP contribution in [0.5, 0.6) is 5.75 Å².